The van der Waals surface area contributed by atoms with Crippen LogP contribution in [0.4, 0.5) is 0 Å². The fourth-order valence-electron chi connectivity index (χ4n) is 1.41. The summed E-state index contributed by atoms with van der Waals surface area (Å²) >= 11 is 0. The molecule has 8 heteroatoms. The van der Waals surface area contributed by atoms with Crippen LogP contribution in [0.15, 0.2) is 18.2 Å². The lowest BCUT2D eigenvalue weighted by Crippen LogP contribution is -2.09. The number of aromatic nitrogens is 4. The molecule has 0 aliphatic rings. The van der Waals surface area contributed by atoms with Crippen LogP contribution in [-0.4, -0.2) is 45.5 Å². The number of nitrogens with zero attached hydrogens (tertiary/aromatic N) is 4. The molecule has 0 fully saturated rings. The van der Waals surface area contributed by atoms with Crippen LogP contribution < -0.4 is 9.47 Å². The van der Waals surface area contributed by atoms with Crippen molar-refractivity contribution in [2.24, 2.45) is 0 Å². The lowest BCUT2D eigenvalue weighted by molar-refractivity contribution is 0.0680. The van der Waals surface area contributed by atoms with Crippen molar-refractivity contribution in [3.05, 3.63) is 24.0 Å². The minimum Gasteiger partial charge on any atom is -0.497 e. The normalized spacial score (nSPS) is 10.1. The van der Waals surface area contributed by atoms with Crippen LogP contribution in [-0.2, 0) is 0 Å². The lowest BCUT2D eigenvalue weighted by atomic mass is 10.2. The smallest absolute Gasteiger partial charge is 0.376 e. The van der Waals surface area contributed by atoms with Gasteiger partial charge in [0.05, 0.1) is 19.9 Å². The van der Waals surface area contributed by atoms with Crippen molar-refractivity contribution >= 4 is 5.97 Å². The summed E-state index contributed by atoms with van der Waals surface area (Å²) in [6.45, 7) is 0. The Labute approximate surface area is 102 Å². The van der Waals surface area contributed by atoms with Crippen LogP contribution in [0, 0.1) is 0 Å². The van der Waals surface area contributed by atoms with Crippen LogP contribution in [0.25, 0.3) is 5.69 Å². The first-order chi connectivity index (χ1) is 8.65. The molecule has 1 aromatic carbocycles. The first kappa shape index (κ1) is 11.8. The molecule has 8 nitrogen and oxygen atoms in total. The summed E-state index contributed by atoms with van der Waals surface area (Å²) in [6.07, 6.45) is 0. The number of aromatic carboxylic acids is 1. The summed E-state index contributed by atoms with van der Waals surface area (Å²) in [5.74, 6) is -0.487. The first-order valence-corrected chi connectivity index (χ1v) is 4.91. The van der Waals surface area contributed by atoms with Crippen LogP contribution in [0.5, 0.6) is 11.5 Å². The second-order valence-electron chi connectivity index (χ2n) is 3.29. The number of benzene rings is 1. The van der Waals surface area contributed by atoms with Gasteiger partial charge in [-0.1, -0.05) is 0 Å². The number of tetrazole rings is 1. The summed E-state index contributed by atoms with van der Waals surface area (Å²) in [4.78, 5) is 10.9. The third-order valence-electron chi connectivity index (χ3n) is 2.24. The monoisotopic (exact) mass is 250 g/mol. The molecule has 1 heterocycles. The predicted molar refractivity (Wildman–Crippen MR) is 59.2 cm³/mol. The Bertz CT molecular complexity index is 559. The highest BCUT2D eigenvalue weighted by atomic mass is 16.5. The SMILES string of the molecule is COc1cc(OC)cc(-n2nnnc2C(=O)O)c1. The molecule has 0 unspecified atom stereocenters. The van der Waals surface area contributed by atoms with Crippen molar-refractivity contribution < 1.29 is 19.4 Å². The number of methoxy groups -OCH3 is 2. The molecule has 0 saturated heterocycles. The number of carbonyl (C=O) groups is 1. The minimum absolute atomic E-state index is 0.287. The van der Waals surface area contributed by atoms with E-state index < -0.39 is 5.97 Å². The predicted octanol–water partition coefficient (Wildman–Crippen LogP) is 0.378. The summed E-state index contributed by atoms with van der Waals surface area (Å²) in [5.41, 5.74) is 0.439. The molecule has 0 atom stereocenters. The summed E-state index contributed by atoms with van der Waals surface area (Å²) in [7, 11) is 2.99. The third kappa shape index (κ3) is 2.08. The first-order valence-electron chi connectivity index (χ1n) is 4.91. The third-order valence-corrected chi connectivity index (χ3v) is 2.24. The van der Waals surface area contributed by atoms with Gasteiger partial charge in [-0.2, -0.15) is 4.68 Å². The number of rotatable bonds is 4. The van der Waals surface area contributed by atoms with Crippen molar-refractivity contribution in [2.75, 3.05) is 14.2 Å². The van der Waals surface area contributed by atoms with Crippen molar-refractivity contribution in [2.45, 2.75) is 0 Å². The Morgan fingerprint density at radius 2 is 1.83 bits per heavy atom. The van der Waals surface area contributed by atoms with E-state index in [0.29, 0.717) is 17.2 Å². The van der Waals surface area contributed by atoms with E-state index in [9.17, 15) is 4.79 Å². The van der Waals surface area contributed by atoms with E-state index in [0.717, 1.165) is 4.68 Å². The molecule has 0 aliphatic carbocycles. The van der Waals surface area contributed by atoms with Gasteiger partial charge in [-0.25, -0.2) is 4.79 Å². The number of carboxylic acid groups (broad SMARTS) is 1. The maximum absolute atomic E-state index is 10.9. The minimum atomic E-state index is -1.22. The van der Waals surface area contributed by atoms with Gasteiger partial charge in [0.15, 0.2) is 0 Å². The topological polar surface area (TPSA) is 99.4 Å². The Balaban J connectivity index is 2.55. The van der Waals surface area contributed by atoms with Crippen molar-refractivity contribution in [1.29, 1.82) is 0 Å². The standard InChI is InChI=1S/C10H10N4O4/c1-17-7-3-6(4-8(5-7)18-2)14-9(10(15)16)11-12-13-14/h3-5H,1-2H3,(H,15,16). The average molecular weight is 250 g/mol. The molecule has 1 aromatic heterocycles. The van der Waals surface area contributed by atoms with Gasteiger partial charge in [-0.15, -0.1) is 5.10 Å². The van der Waals surface area contributed by atoms with Crippen molar-refractivity contribution in [3.63, 3.8) is 0 Å². The maximum Gasteiger partial charge on any atom is 0.376 e. The maximum atomic E-state index is 10.9. The van der Waals surface area contributed by atoms with E-state index in [-0.39, 0.29) is 5.82 Å². The van der Waals surface area contributed by atoms with Gasteiger partial charge >= 0.3 is 5.97 Å². The summed E-state index contributed by atoms with van der Waals surface area (Å²) in [6, 6.07) is 4.87. The van der Waals surface area contributed by atoms with Gasteiger partial charge in [0.2, 0.25) is 0 Å². The van der Waals surface area contributed by atoms with Gasteiger partial charge in [0.1, 0.15) is 11.5 Å². The molecule has 0 bridgehead atoms. The molecular weight excluding hydrogens is 240 g/mol. The molecule has 2 rings (SSSR count). The van der Waals surface area contributed by atoms with Crippen LogP contribution in [0.3, 0.4) is 0 Å². The highest BCUT2D eigenvalue weighted by Gasteiger charge is 2.16. The second-order valence-corrected chi connectivity index (χ2v) is 3.29. The zero-order chi connectivity index (χ0) is 13.1. The van der Waals surface area contributed by atoms with Gasteiger partial charge in [0, 0.05) is 18.2 Å². The Kier molecular flexibility index (Phi) is 3.09. The number of hydrogen-bond acceptors (Lipinski definition) is 6. The molecule has 0 spiro atoms. The molecule has 18 heavy (non-hydrogen) atoms. The van der Waals surface area contributed by atoms with E-state index in [4.69, 9.17) is 14.6 Å². The second kappa shape index (κ2) is 4.70. The zero-order valence-electron chi connectivity index (χ0n) is 9.69. The van der Waals surface area contributed by atoms with E-state index in [1.165, 1.54) is 14.2 Å². The van der Waals surface area contributed by atoms with Gasteiger partial charge in [0.25, 0.3) is 5.82 Å². The fourth-order valence-corrected chi connectivity index (χ4v) is 1.41. The van der Waals surface area contributed by atoms with Gasteiger partial charge in [-0.05, 0) is 10.4 Å². The van der Waals surface area contributed by atoms with Crippen LogP contribution in [0.2, 0.25) is 0 Å². The highest BCUT2D eigenvalue weighted by Crippen LogP contribution is 2.24. The molecule has 0 aliphatic heterocycles. The van der Waals surface area contributed by atoms with Crippen molar-refractivity contribution in [1.82, 2.24) is 20.2 Å². The molecule has 0 amide bonds. The quantitative estimate of drug-likeness (QED) is 0.837. The molecule has 94 valence electrons. The summed E-state index contributed by atoms with van der Waals surface area (Å²) in [5, 5.41) is 19.3. The van der Waals surface area contributed by atoms with Gasteiger partial charge in [-0.3, -0.25) is 0 Å². The molecular formula is C10H10N4O4. The summed E-state index contributed by atoms with van der Waals surface area (Å²) < 4.78 is 11.3. The number of ether oxygens (including phenoxy) is 2. The van der Waals surface area contributed by atoms with Crippen molar-refractivity contribution in [3.8, 4) is 17.2 Å². The number of hydrogen-bond donors (Lipinski definition) is 1. The molecule has 0 radical (unpaired) electrons. The van der Waals surface area contributed by atoms with Gasteiger partial charge < -0.3 is 14.6 Å². The van der Waals surface area contributed by atoms with E-state index in [1.54, 1.807) is 18.2 Å². The highest BCUT2D eigenvalue weighted by molar-refractivity contribution is 5.83. The van der Waals surface area contributed by atoms with E-state index in [2.05, 4.69) is 15.5 Å². The fraction of sp³-hybridized carbons (Fsp3) is 0.200. The lowest BCUT2D eigenvalue weighted by Gasteiger charge is -2.08. The Morgan fingerprint density at radius 1 is 1.22 bits per heavy atom. The Hall–Kier alpha value is -2.64. The van der Waals surface area contributed by atoms with E-state index in [1.807, 2.05) is 0 Å². The molecule has 1 N–H and O–H groups in total. The molecule has 0 saturated carbocycles. The average Bonchev–Trinajstić information content (AvgIpc) is 2.87. The zero-order valence-corrected chi connectivity index (χ0v) is 9.69. The largest absolute Gasteiger partial charge is 0.497 e. The number of carboxylic acids is 1. The van der Waals surface area contributed by atoms with Crippen LogP contribution in [0.1, 0.15) is 10.6 Å². The van der Waals surface area contributed by atoms with Crippen LogP contribution >= 0.6 is 0 Å². The molecule has 2 aromatic rings. The van der Waals surface area contributed by atoms with E-state index >= 15 is 0 Å². The Morgan fingerprint density at radius 3 is 2.33 bits per heavy atom.